The number of anilines is 1. The van der Waals surface area contributed by atoms with Crippen LogP contribution in [-0.2, 0) is 0 Å². The number of rotatable bonds is 4. The lowest BCUT2D eigenvalue weighted by Crippen LogP contribution is -2.30. The van der Waals surface area contributed by atoms with Crippen molar-refractivity contribution in [2.24, 2.45) is 0 Å². The second kappa shape index (κ2) is 5.12. The number of carbonyl (C=O) groups is 1. The fraction of sp³-hybridized carbons (Fsp3) is 0.583. The molecule has 1 aromatic heterocycles. The van der Waals surface area contributed by atoms with Gasteiger partial charge >= 0.3 is 0 Å². The van der Waals surface area contributed by atoms with Crippen molar-refractivity contribution < 1.29 is 4.79 Å². The van der Waals surface area contributed by atoms with Gasteiger partial charge in [-0.05, 0) is 32.4 Å². The van der Waals surface area contributed by atoms with Gasteiger partial charge < -0.3 is 10.2 Å². The predicted molar refractivity (Wildman–Crippen MR) is 68.0 cm³/mol. The first-order valence-electron chi connectivity index (χ1n) is 5.69. The molecule has 5 heteroatoms. The van der Waals surface area contributed by atoms with Crippen molar-refractivity contribution in [2.75, 3.05) is 19.4 Å². The van der Waals surface area contributed by atoms with E-state index >= 15 is 0 Å². The van der Waals surface area contributed by atoms with Crippen molar-refractivity contribution in [3.8, 4) is 0 Å². The summed E-state index contributed by atoms with van der Waals surface area (Å²) in [5, 5.41) is 11.2. The van der Waals surface area contributed by atoms with Gasteiger partial charge in [-0.15, -0.1) is 10.2 Å². The molecule has 94 valence electrons. The molecule has 0 aliphatic rings. The molecule has 0 atom stereocenters. The lowest BCUT2D eigenvalue weighted by atomic mass is 10.0. The Bertz CT molecular complexity index is 384. The first kappa shape index (κ1) is 13.4. The number of nitrogens with one attached hydrogen (secondary N) is 1. The smallest absolute Gasteiger partial charge is 0.273 e. The molecule has 0 aromatic carbocycles. The second-order valence-corrected chi connectivity index (χ2v) is 4.87. The van der Waals surface area contributed by atoms with E-state index in [0.717, 1.165) is 6.42 Å². The summed E-state index contributed by atoms with van der Waals surface area (Å²) in [4.78, 5) is 13.1. The molecule has 1 aromatic rings. The number of carbonyl (C=O) groups excluding carboxylic acids is 1. The van der Waals surface area contributed by atoms with E-state index in [2.05, 4.69) is 36.3 Å². The first-order valence-corrected chi connectivity index (χ1v) is 5.69. The quantitative estimate of drug-likeness (QED) is 0.865. The SMILES string of the molecule is CCC(C)(C)Nc1ccc(C(=O)N(C)C)nn1. The Hall–Kier alpha value is -1.65. The molecule has 0 radical (unpaired) electrons. The fourth-order valence-electron chi connectivity index (χ4n) is 1.18. The zero-order chi connectivity index (χ0) is 13.1. The minimum atomic E-state index is -0.140. The molecule has 0 aliphatic heterocycles. The third kappa shape index (κ3) is 3.69. The minimum Gasteiger partial charge on any atom is -0.364 e. The Balaban J connectivity index is 2.78. The molecule has 0 aliphatic carbocycles. The summed E-state index contributed by atoms with van der Waals surface area (Å²) in [5.74, 6) is 0.547. The molecule has 0 saturated heterocycles. The van der Waals surface area contributed by atoms with Crippen molar-refractivity contribution in [1.82, 2.24) is 15.1 Å². The average molecular weight is 236 g/mol. The molecular weight excluding hydrogens is 216 g/mol. The van der Waals surface area contributed by atoms with E-state index < -0.39 is 0 Å². The highest BCUT2D eigenvalue weighted by molar-refractivity contribution is 5.91. The third-order valence-corrected chi connectivity index (χ3v) is 2.64. The van der Waals surface area contributed by atoms with Crippen molar-refractivity contribution in [3.05, 3.63) is 17.8 Å². The maximum atomic E-state index is 11.6. The van der Waals surface area contributed by atoms with Gasteiger partial charge in [-0.25, -0.2) is 0 Å². The third-order valence-electron chi connectivity index (χ3n) is 2.64. The van der Waals surface area contributed by atoms with E-state index in [9.17, 15) is 4.79 Å². The monoisotopic (exact) mass is 236 g/mol. The molecular formula is C12H20N4O. The van der Waals surface area contributed by atoms with E-state index in [4.69, 9.17) is 0 Å². The van der Waals surface area contributed by atoms with Crippen LogP contribution >= 0.6 is 0 Å². The minimum absolute atomic E-state index is 0.0260. The lowest BCUT2D eigenvalue weighted by molar-refractivity contribution is 0.0821. The topological polar surface area (TPSA) is 58.1 Å². The van der Waals surface area contributed by atoms with E-state index in [0.29, 0.717) is 11.5 Å². The van der Waals surface area contributed by atoms with E-state index in [1.165, 1.54) is 4.90 Å². The van der Waals surface area contributed by atoms with Gasteiger partial charge in [0.2, 0.25) is 0 Å². The standard InChI is InChI=1S/C12H20N4O/c1-6-12(2,3)13-10-8-7-9(14-15-10)11(17)16(4)5/h7-8H,6H2,1-5H3,(H,13,15). The highest BCUT2D eigenvalue weighted by Crippen LogP contribution is 2.15. The number of aromatic nitrogens is 2. The molecule has 5 nitrogen and oxygen atoms in total. The van der Waals surface area contributed by atoms with E-state index in [-0.39, 0.29) is 11.4 Å². The zero-order valence-corrected chi connectivity index (χ0v) is 11.1. The van der Waals surface area contributed by atoms with Gasteiger partial charge in [0.1, 0.15) is 5.82 Å². The van der Waals surface area contributed by atoms with Crippen molar-refractivity contribution >= 4 is 11.7 Å². The van der Waals surface area contributed by atoms with Crippen LogP contribution in [0.2, 0.25) is 0 Å². The molecule has 17 heavy (non-hydrogen) atoms. The summed E-state index contributed by atoms with van der Waals surface area (Å²) < 4.78 is 0. The fourth-order valence-corrected chi connectivity index (χ4v) is 1.18. The molecule has 1 rings (SSSR count). The van der Waals surface area contributed by atoms with Crippen molar-refractivity contribution in [1.29, 1.82) is 0 Å². The molecule has 0 bridgehead atoms. The van der Waals surface area contributed by atoms with Gasteiger partial charge in [-0.1, -0.05) is 6.92 Å². The second-order valence-electron chi connectivity index (χ2n) is 4.87. The summed E-state index contributed by atoms with van der Waals surface area (Å²) in [6.45, 7) is 6.28. The highest BCUT2D eigenvalue weighted by Gasteiger charge is 2.16. The predicted octanol–water partition coefficient (Wildman–Crippen LogP) is 1.78. The molecule has 0 fully saturated rings. The normalized spacial score (nSPS) is 11.1. The van der Waals surface area contributed by atoms with Crippen LogP contribution in [0.3, 0.4) is 0 Å². The molecule has 1 amide bonds. The average Bonchev–Trinajstić information content (AvgIpc) is 2.28. The first-order chi connectivity index (χ1) is 7.85. The lowest BCUT2D eigenvalue weighted by Gasteiger charge is -2.24. The number of hydrogen-bond acceptors (Lipinski definition) is 4. The maximum Gasteiger partial charge on any atom is 0.273 e. The summed E-state index contributed by atoms with van der Waals surface area (Å²) in [7, 11) is 3.38. The Kier molecular flexibility index (Phi) is 4.04. The van der Waals surface area contributed by atoms with Crippen LogP contribution < -0.4 is 5.32 Å². The number of nitrogens with zero attached hydrogens (tertiary/aromatic N) is 3. The van der Waals surface area contributed by atoms with Crippen LogP contribution in [-0.4, -0.2) is 40.6 Å². The summed E-state index contributed by atoms with van der Waals surface area (Å²) in [6.07, 6.45) is 0.979. The van der Waals surface area contributed by atoms with E-state index in [1.54, 1.807) is 26.2 Å². The molecule has 1 heterocycles. The Morgan fingerprint density at radius 2 is 2.00 bits per heavy atom. The summed E-state index contributed by atoms with van der Waals surface area (Å²) in [6, 6.07) is 3.46. The molecule has 0 unspecified atom stereocenters. The van der Waals surface area contributed by atoms with Crippen LogP contribution in [0.4, 0.5) is 5.82 Å². The Labute approximate surface area is 102 Å². The van der Waals surface area contributed by atoms with Gasteiger partial charge in [0.25, 0.3) is 5.91 Å². The maximum absolute atomic E-state index is 11.6. The van der Waals surface area contributed by atoms with Gasteiger partial charge in [-0.2, -0.15) is 0 Å². The number of hydrogen-bond donors (Lipinski definition) is 1. The van der Waals surface area contributed by atoms with Gasteiger partial charge in [0.15, 0.2) is 5.69 Å². The zero-order valence-electron chi connectivity index (χ0n) is 11.1. The van der Waals surface area contributed by atoms with E-state index in [1.807, 2.05) is 0 Å². The molecule has 1 N–H and O–H groups in total. The number of amides is 1. The largest absolute Gasteiger partial charge is 0.364 e. The Morgan fingerprint density at radius 1 is 1.35 bits per heavy atom. The molecule has 0 spiro atoms. The van der Waals surface area contributed by atoms with Crippen molar-refractivity contribution in [2.45, 2.75) is 32.7 Å². The summed E-state index contributed by atoms with van der Waals surface area (Å²) >= 11 is 0. The highest BCUT2D eigenvalue weighted by atomic mass is 16.2. The molecule has 0 saturated carbocycles. The van der Waals surface area contributed by atoms with Crippen LogP contribution in [0, 0.1) is 0 Å². The van der Waals surface area contributed by atoms with Crippen molar-refractivity contribution in [3.63, 3.8) is 0 Å². The van der Waals surface area contributed by atoms with Gasteiger partial charge in [0.05, 0.1) is 0 Å². The Morgan fingerprint density at radius 3 is 2.41 bits per heavy atom. The van der Waals surface area contributed by atoms with Crippen LogP contribution in [0.15, 0.2) is 12.1 Å². The summed E-state index contributed by atoms with van der Waals surface area (Å²) in [5.41, 5.74) is 0.330. The van der Waals surface area contributed by atoms with Gasteiger partial charge in [0, 0.05) is 19.6 Å². The van der Waals surface area contributed by atoms with Crippen LogP contribution in [0.1, 0.15) is 37.7 Å². The van der Waals surface area contributed by atoms with Gasteiger partial charge in [-0.3, -0.25) is 4.79 Å². The van der Waals surface area contributed by atoms with Crippen LogP contribution in [0.5, 0.6) is 0 Å². The van der Waals surface area contributed by atoms with Crippen LogP contribution in [0.25, 0.3) is 0 Å².